The maximum Gasteiger partial charge on any atom is 0.231 e. The number of anilines is 1. The van der Waals surface area contributed by atoms with Crippen molar-refractivity contribution < 1.29 is 19.1 Å². The lowest BCUT2D eigenvalue weighted by Gasteiger charge is -2.21. The third kappa shape index (κ3) is 4.29. The summed E-state index contributed by atoms with van der Waals surface area (Å²) >= 11 is 0. The number of hydrogen-bond acceptors (Lipinski definition) is 5. The Labute approximate surface area is 168 Å². The Bertz CT molecular complexity index is 1060. The van der Waals surface area contributed by atoms with Crippen LogP contribution in [0.25, 0.3) is 10.9 Å². The molecule has 2 aromatic carbocycles. The second-order valence-electron chi connectivity index (χ2n) is 6.81. The number of carbonyl (C=O) groups is 2. The van der Waals surface area contributed by atoms with Crippen LogP contribution < -0.4 is 14.8 Å². The molecule has 0 saturated carbocycles. The van der Waals surface area contributed by atoms with Gasteiger partial charge in [0.2, 0.25) is 18.6 Å². The van der Waals surface area contributed by atoms with Gasteiger partial charge in [-0.15, -0.1) is 0 Å². The summed E-state index contributed by atoms with van der Waals surface area (Å²) in [5.74, 6) is 1.11. The number of rotatable bonds is 6. The van der Waals surface area contributed by atoms with Gasteiger partial charge in [0, 0.05) is 38.0 Å². The van der Waals surface area contributed by atoms with Gasteiger partial charge < -0.3 is 19.7 Å². The van der Waals surface area contributed by atoms with Crippen LogP contribution in [0.3, 0.4) is 0 Å². The highest BCUT2D eigenvalue weighted by Crippen LogP contribution is 2.32. The summed E-state index contributed by atoms with van der Waals surface area (Å²) < 4.78 is 10.7. The number of carbonyl (C=O) groups excluding carboxylic acids is 2. The molecule has 1 N–H and O–H groups in total. The van der Waals surface area contributed by atoms with E-state index in [0.29, 0.717) is 30.3 Å². The van der Waals surface area contributed by atoms with Crippen molar-refractivity contribution in [1.29, 1.82) is 0 Å². The van der Waals surface area contributed by atoms with Gasteiger partial charge in [-0.3, -0.25) is 14.6 Å². The van der Waals surface area contributed by atoms with E-state index in [4.69, 9.17) is 9.47 Å². The molecule has 1 aliphatic heterocycles. The van der Waals surface area contributed by atoms with E-state index in [-0.39, 0.29) is 25.0 Å². The van der Waals surface area contributed by atoms with Gasteiger partial charge >= 0.3 is 0 Å². The van der Waals surface area contributed by atoms with Crippen LogP contribution in [0.1, 0.15) is 18.9 Å². The third-order valence-electron chi connectivity index (χ3n) is 4.77. The van der Waals surface area contributed by atoms with E-state index < -0.39 is 0 Å². The van der Waals surface area contributed by atoms with Crippen LogP contribution in [0.15, 0.2) is 54.7 Å². The van der Waals surface area contributed by atoms with Crippen molar-refractivity contribution in [3.05, 3.63) is 60.3 Å². The van der Waals surface area contributed by atoms with Crippen LogP contribution in [-0.2, 0) is 16.1 Å². The Balaban J connectivity index is 1.39. The van der Waals surface area contributed by atoms with Crippen molar-refractivity contribution >= 4 is 28.4 Å². The summed E-state index contributed by atoms with van der Waals surface area (Å²) in [6.07, 6.45) is 1.88. The first kappa shape index (κ1) is 18.7. The number of aromatic nitrogens is 1. The van der Waals surface area contributed by atoms with E-state index in [0.717, 1.165) is 16.5 Å². The Morgan fingerprint density at radius 1 is 1.10 bits per heavy atom. The van der Waals surface area contributed by atoms with Gasteiger partial charge in [-0.2, -0.15) is 0 Å². The quantitative estimate of drug-likeness (QED) is 0.697. The zero-order chi connectivity index (χ0) is 20.2. The van der Waals surface area contributed by atoms with E-state index in [2.05, 4.69) is 10.3 Å². The topological polar surface area (TPSA) is 80.8 Å². The Morgan fingerprint density at radius 3 is 2.79 bits per heavy atom. The second kappa shape index (κ2) is 8.18. The molecule has 7 nitrogen and oxygen atoms in total. The van der Waals surface area contributed by atoms with Gasteiger partial charge in [0.05, 0.1) is 11.2 Å². The summed E-state index contributed by atoms with van der Waals surface area (Å²) in [6.45, 7) is 2.42. The number of fused-ring (bicyclic) bond motifs is 2. The molecule has 2 heterocycles. The SMILES string of the molecule is CC(=O)N(CCC(=O)Nc1cccc2cccnc12)Cc1ccc2c(c1)OCO2. The molecule has 7 heteroatoms. The van der Waals surface area contributed by atoms with E-state index in [9.17, 15) is 9.59 Å². The standard InChI is InChI=1S/C22H21N3O4/c1-15(26)25(13-16-7-8-19-20(12-16)29-14-28-19)11-9-21(27)24-18-6-2-4-17-5-3-10-23-22(17)18/h2-8,10,12H,9,11,13-14H2,1H3,(H,24,27). The highest BCUT2D eigenvalue weighted by Gasteiger charge is 2.17. The van der Waals surface area contributed by atoms with Crippen molar-refractivity contribution in [2.24, 2.45) is 0 Å². The van der Waals surface area contributed by atoms with Crippen LogP contribution >= 0.6 is 0 Å². The van der Waals surface area contributed by atoms with Crippen molar-refractivity contribution in [3.63, 3.8) is 0 Å². The highest BCUT2D eigenvalue weighted by atomic mass is 16.7. The molecule has 0 fully saturated rings. The first-order valence-corrected chi connectivity index (χ1v) is 9.38. The molecule has 3 aromatic rings. The molecule has 1 aromatic heterocycles. The van der Waals surface area contributed by atoms with Gasteiger partial charge in [-0.25, -0.2) is 0 Å². The maximum absolute atomic E-state index is 12.5. The number of benzene rings is 2. The molecular weight excluding hydrogens is 370 g/mol. The van der Waals surface area contributed by atoms with Crippen LogP contribution in [0.5, 0.6) is 11.5 Å². The van der Waals surface area contributed by atoms with Gasteiger partial charge in [-0.05, 0) is 29.8 Å². The fourth-order valence-corrected chi connectivity index (χ4v) is 3.26. The Kier molecular flexibility index (Phi) is 5.29. The highest BCUT2D eigenvalue weighted by molar-refractivity contribution is 6.00. The lowest BCUT2D eigenvalue weighted by atomic mass is 10.1. The molecule has 4 rings (SSSR count). The predicted molar refractivity (Wildman–Crippen MR) is 109 cm³/mol. The zero-order valence-electron chi connectivity index (χ0n) is 16.1. The molecule has 0 bridgehead atoms. The fourth-order valence-electron chi connectivity index (χ4n) is 3.26. The predicted octanol–water partition coefficient (Wildman–Crippen LogP) is 3.34. The van der Waals surface area contributed by atoms with E-state index in [1.165, 1.54) is 6.92 Å². The average molecular weight is 391 g/mol. The monoisotopic (exact) mass is 391 g/mol. The molecular formula is C22H21N3O4. The third-order valence-corrected chi connectivity index (χ3v) is 4.77. The number of pyridine rings is 1. The summed E-state index contributed by atoms with van der Waals surface area (Å²) in [5.41, 5.74) is 2.33. The lowest BCUT2D eigenvalue weighted by molar-refractivity contribution is -0.129. The first-order valence-electron chi connectivity index (χ1n) is 9.38. The van der Waals surface area contributed by atoms with Gasteiger partial charge in [0.15, 0.2) is 11.5 Å². The summed E-state index contributed by atoms with van der Waals surface area (Å²) in [4.78, 5) is 30.5. The minimum Gasteiger partial charge on any atom is -0.454 e. The van der Waals surface area contributed by atoms with Crippen molar-refractivity contribution in [2.45, 2.75) is 19.9 Å². The normalized spacial score (nSPS) is 12.0. The van der Waals surface area contributed by atoms with E-state index in [1.54, 1.807) is 11.1 Å². The van der Waals surface area contributed by atoms with Crippen LogP contribution in [0.2, 0.25) is 0 Å². The van der Waals surface area contributed by atoms with Crippen LogP contribution in [-0.4, -0.2) is 35.0 Å². The molecule has 0 unspecified atom stereocenters. The second-order valence-corrected chi connectivity index (χ2v) is 6.81. The number of para-hydroxylation sites is 1. The number of amides is 2. The fraction of sp³-hybridized carbons (Fsp3) is 0.227. The lowest BCUT2D eigenvalue weighted by Crippen LogP contribution is -2.31. The molecule has 0 atom stereocenters. The molecule has 0 spiro atoms. The number of ether oxygens (including phenoxy) is 2. The van der Waals surface area contributed by atoms with Gasteiger partial charge in [-0.1, -0.05) is 24.3 Å². The summed E-state index contributed by atoms with van der Waals surface area (Å²) in [7, 11) is 0. The van der Waals surface area contributed by atoms with E-state index in [1.807, 2.05) is 48.5 Å². The Hall–Kier alpha value is -3.61. The van der Waals surface area contributed by atoms with Gasteiger partial charge in [0.1, 0.15) is 0 Å². The summed E-state index contributed by atoms with van der Waals surface area (Å²) in [5, 5.41) is 3.86. The molecule has 1 aliphatic rings. The summed E-state index contributed by atoms with van der Waals surface area (Å²) in [6, 6.07) is 15.0. The van der Waals surface area contributed by atoms with Crippen molar-refractivity contribution in [3.8, 4) is 11.5 Å². The molecule has 0 saturated heterocycles. The van der Waals surface area contributed by atoms with Gasteiger partial charge in [0.25, 0.3) is 0 Å². The number of hydrogen-bond donors (Lipinski definition) is 1. The minimum absolute atomic E-state index is 0.0951. The Morgan fingerprint density at radius 2 is 1.93 bits per heavy atom. The maximum atomic E-state index is 12.5. The molecule has 0 radical (unpaired) electrons. The first-order chi connectivity index (χ1) is 14.1. The largest absolute Gasteiger partial charge is 0.454 e. The van der Waals surface area contributed by atoms with E-state index >= 15 is 0 Å². The molecule has 0 aliphatic carbocycles. The van der Waals surface area contributed by atoms with Crippen molar-refractivity contribution in [2.75, 3.05) is 18.7 Å². The molecule has 29 heavy (non-hydrogen) atoms. The minimum atomic E-state index is -0.167. The zero-order valence-corrected chi connectivity index (χ0v) is 16.1. The molecule has 2 amide bonds. The molecule has 148 valence electrons. The van der Waals surface area contributed by atoms with Crippen molar-refractivity contribution in [1.82, 2.24) is 9.88 Å². The van der Waals surface area contributed by atoms with Crippen LogP contribution in [0, 0.1) is 0 Å². The number of nitrogens with one attached hydrogen (secondary N) is 1. The number of nitrogens with zero attached hydrogens (tertiary/aromatic N) is 2. The van der Waals surface area contributed by atoms with Crippen LogP contribution in [0.4, 0.5) is 5.69 Å². The average Bonchev–Trinajstić information content (AvgIpc) is 3.19. The smallest absolute Gasteiger partial charge is 0.231 e.